The van der Waals surface area contributed by atoms with E-state index in [0.29, 0.717) is 0 Å². The lowest BCUT2D eigenvalue weighted by Crippen LogP contribution is -2.61. The highest BCUT2D eigenvalue weighted by molar-refractivity contribution is 7.01. The Bertz CT molecular complexity index is 4980. The van der Waals surface area contributed by atoms with Crippen LogP contribution >= 0.6 is 0 Å². The summed E-state index contributed by atoms with van der Waals surface area (Å²) in [5.41, 5.74) is 31.6. The summed E-state index contributed by atoms with van der Waals surface area (Å²) in [6.07, 6.45) is 0. The Balaban J connectivity index is 1.02. The second kappa shape index (κ2) is 18.3. The van der Waals surface area contributed by atoms with Gasteiger partial charge >= 0.3 is 0 Å². The Hall–Kier alpha value is -9.96. The third kappa shape index (κ3) is 7.14. The molecule has 0 atom stereocenters. The van der Waals surface area contributed by atoms with E-state index in [2.05, 4.69) is 290 Å². The third-order valence-electron chi connectivity index (χ3n) is 19.4. The summed E-state index contributed by atoms with van der Waals surface area (Å²) < 4.78 is 0. The molecular formula is C82H61BN2. The van der Waals surface area contributed by atoms with Crippen molar-refractivity contribution >= 4 is 122 Å². The van der Waals surface area contributed by atoms with Crippen molar-refractivity contribution in [1.29, 1.82) is 0 Å². The van der Waals surface area contributed by atoms with E-state index in [0.717, 1.165) is 11.4 Å². The second-order valence-corrected chi connectivity index (χ2v) is 24.8. The van der Waals surface area contributed by atoms with Crippen molar-refractivity contribution in [2.45, 2.75) is 55.4 Å². The number of aryl methyl sites for hydroxylation is 8. The summed E-state index contributed by atoms with van der Waals surface area (Å²) >= 11 is 0. The highest BCUT2D eigenvalue weighted by Crippen LogP contribution is 2.53. The van der Waals surface area contributed by atoms with Gasteiger partial charge in [-0.05, 0) is 240 Å². The van der Waals surface area contributed by atoms with E-state index < -0.39 is 0 Å². The fraction of sp³-hybridized carbons (Fsp3) is 0.0976. The van der Waals surface area contributed by atoms with Gasteiger partial charge in [0.25, 0.3) is 6.71 Å². The van der Waals surface area contributed by atoms with E-state index in [-0.39, 0.29) is 6.71 Å². The molecule has 0 saturated heterocycles. The molecule has 0 unspecified atom stereocenters. The molecule has 17 rings (SSSR count). The summed E-state index contributed by atoms with van der Waals surface area (Å²) in [7, 11) is 0. The van der Waals surface area contributed by atoms with Crippen LogP contribution in [0.1, 0.15) is 44.5 Å². The number of fused-ring (bicyclic) bond motifs is 6. The van der Waals surface area contributed by atoms with Crippen molar-refractivity contribution in [1.82, 2.24) is 0 Å². The average Bonchev–Trinajstić information content (AvgIpc) is 0.709. The van der Waals surface area contributed by atoms with E-state index in [1.165, 1.54) is 193 Å². The number of hydrogen-bond acceptors (Lipinski definition) is 2. The summed E-state index contributed by atoms with van der Waals surface area (Å²) in [6.45, 7) is 18.0. The molecule has 0 saturated carbocycles. The molecule has 2 nitrogen and oxygen atoms in total. The zero-order chi connectivity index (χ0) is 57.3. The van der Waals surface area contributed by atoms with Crippen LogP contribution in [0.3, 0.4) is 0 Å². The monoisotopic (exact) mass is 1080 g/mol. The number of para-hydroxylation sites is 2. The van der Waals surface area contributed by atoms with Crippen molar-refractivity contribution in [2.75, 3.05) is 9.80 Å². The zero-order valence-corrected chi connectivity index (χ0v) is 49.3. The molecule has 0 amide bonds. The van der Waals surface area contributed by atoms with E-state index in [1.807, 2.05) is 0 Å². The topological polar surface area (TPSA) is 6.48 Å². The van der Waals surface area contributed by atoms with Gasteiger partial charge in [-0.15, -0.1) is 0 Å². The predicted molar refractivity (Wildman–Crippen MR) is 368 cm³/mol. The minimum absolute atomic E-state index is 0.128. The fourth-order valence-electron chi connectivity index (χ4n) is 16.4. The molecule has 2 aliphatic heterocycles. The van der Waals surface area contributed by atoms with Gasteiger partial charge in [-0.2, -0.15) is 0 Å². The largest absolute Gasteiger partial charge is 0.311 e. The van der Waals surface area contributed by atoms with Crippen molar-refractivity contribution < 1.29 is 0 Å². The Kier molecular flexibility index (Phi) is 10.7. The van der Waals surface area contributed by atoms with Crippen molar-refractivity contribution in [3.05, 3.63) is 269 Å². The zero-order valence-electron chi connectivity index (χ0n) is 49.3. The number of hydrogen-bond donors (Lipinski definition) is 0. The molecule has 0 spiro atoms. The molecule has 0 bridgehead atoms. The van der Waals surface area contributed by atoms with Crippen LogP contribution in [0.25, 0.3) is 109 Å². The van der Waals surface area contributed by atoms with Gasteiger partial charge in [0.2, 0.25) is 0 Å². The van der Waals surface area contributed by atoms with Crippen LogP contribution in [0.2, 0.25) is 0 Å². The van der Waals surface area contributed by atoms with Gasteiger partial charge < -0.3 is 9.80 Å². The van der Waals surface area contributed by atoms with E-state index in [9.17, 15) is 0 Å². The minimum atomic E-state index is -0.128. The van der Waals surface area contributed by atoms with Gasteiger partial charge in [0, 0.05) is 44.9 Å². The first kappa shape index (κ1) is 49.6. The van der Waals surface area contributed by atoms with Crippen molar-refractivity contribution in [3.8, 4) is 44.5 Å². The molecule has 15 aromatic carbocycles. The third-order valence-corrected chi connectivity index (χ3v) is 19.4. The van der Waals surface area contributed by atoms with E-state index in [1.54, 1.807) is 0 Å². The number of anilines is 6. The first-order valence-electron chi connectivity index (χ1n) is 30.2. The molecule has 0 aromatic heterocycles. The molecule has 2 aliphatic rings. The lowest BCUT2D eigenvalue weighted by Gasteiger charge is -2.45. The van der Waals surface area contributed by atoms with Crippen LogP contribution in [0, 0.1) is 55.4 Å². The highest BCUT2D eigenvalue weighted by Gasteiger charge is 2.46. The average molecular weight is 1090 g/mol. The summed E-state index contributed by atoms with van der Waals surface area (Å²) in [4.78, 5) is 5.29. The van der Waals surface area contributed by atoms with Gasteiger partial charge in [0.15, 0.2) is 0 Å². The summed E-state index contributed by atoms with van der Waals surface area (Å²) in [5.74, 6) is 0. The van der Waals surface area contributed by atoms with Gasteiger partial charge in [0.1, 0.15) is 0 Å². The molecule has 0 fully saturated rings. The second-order valence-electron chi connectivity index (χ2n) is 24.8. The molecule has 0 N–H and O–H groups in total. The van der Waals surface area contributed by atoms with Gasteiger partial charge in [-0.25, -0.2) is 0 Å². The number of nitrogens with zero attached hydrogens (tertiary/aromatic N) is 2. The Morgan fingerprint density at radius 2 is 0.647 bits per heavy atom. The lowest BCUT2D eigenvalue weighted by molar-refractivity contribution is 1.26. The van der Waals surface area contributed by atoms with Gasteiger partial charge in [-0.3, -0.25) is 0 Å². The van der Waals surface area contributed by atoms with Crippen LogP contribution in [-0.2, 0) is 0 Å². The maximum absolute atomic E-state index is 2.65. The van der Waals surface area contributed by atoms with Crippen LogP contribution in [0.4, 0.5) is 34.1 Å². The van der Waals surface area contributed by atoms with Crippen LogP contribution < -0.4 is 26.2 Å². The standard InChI is InChI=1S/C82H61BN2/c1-46-36-48(3)74(49(4)37-46)63-30-24-55-26-34-67-78-57(28-32-65(63)76(55)78)42-69-81(67)84(61-20-14-10-15-21-61)71-44-60(73-52(7)40-59(41-53(73)8)54-18-12-9-13-19-54)45-72-80(71)83(69)70-43-58-29-33-66-64(75-50(5)38-47(2)39-51(75)6)31-25-56-27-35-68(79(58)77(56)66)82(70)85(72)62-22-16-11-17-23-62/h9-45H,1-8H3. The predicted octanol–water partition coefficient (Wildman–Crippen LogP) is 20.7. The number of rotatable bonds is 6. The molecule has 402 valence electrons. The molecule has 0 radical (unpaired) electrons. The molecule has 85 heavy (non-hydrogen) atoms. The van der Waals surface area contributed by atoms with E-state index in [4.69, 9.17) is 0 Å². The molecule has 0 aliphatic carbocycles. The molecule has 15 aromatic rings. The lowest BCUT2D eigenvalue weighted by atomic mass is 9.33. The van der Waals surface area contributed by atoms with Gasteiger partial charge in [0.05, 0.1) is 0 Å². The van der Waals surface area contributed by atoms with E-state index >= 15 is 0 Å². The molecule has 3 heteroatoms. The van der Waals surface area contributed by atoms with Crippen LogP contribution in [0.5, 0.6) is 0 Å². The summed E-state index contributed by atoms with van der Waals surface area (Å²) in [6, 6.07) is 86.6. The smallest absolute Gasteiger partial charge is 0.252 e. The Morgan fingerprint density at radius 1 is 0.282 bits per heavy atom. The highest BCUT2D eigenvalue weighted by atomic mass is 15.2. The van der Waals surface area contributed by atoms with Crippen molar-refractivity contribution in [3.63, 3.8) is 0 Å². The normalized spacial score (nSPS) is 12.9. The SMILES string of the molecule is Cc1cc(C)c(-c2ccc3ccc4c5c(cc6ccc2c3c64)B2c3cc4ccc6c(-c7c(C)cc(C)cc7C)ccc7ccc(c3N(c3ccccc3)c3cc(-c8c(C)cc(-c9ccccc9)cc8C)cc(c32)N5c2ccccc2)c4c76)c(C)c1. The summed E-state index contributed by atoms with van der Waals surface area (Å²) in [5, 5.41) is 15.4. The number of benzene rings is 15. The Labute approximate surface area is 497 Å². The molecular weight excluding hydrogens is 1020 g/mol. The van der Waals surface area contributed by atoms with Crippen LogP contribution in [-0.4, -0.2) is 6.71 Å². The maximum atomic E-state index is 2.65. The maximum Gasteiger partial charge on any atom is 0.252 e. The van der Waals surface area contributed by atoms with Crippen LogP contribution in [0.15, 0.2) is 224 Å². The minimum Gasteiger partial charge on any atom is -0.311 e. The van der Waals surface area contributed by atoms with Gasteiger partial charge in [-0.1, -0.05) is 199 Å². The fourth-order valence-corrected chi connectivity index (χ4v) is 16.4. The first-order valence-corrected chi connectivity index (χ1v) is 30.2. The Morgan fingerprint density at radius 3 is 1.08 bits per heavy atom. The molecule has 2 heterocycles. The first-order chi connectivity index (χ1) is 41.5. The van der Waals surface area contributed by atoms with Crippen molar-refractivity contribution in [2.24, 2.45) is 0 Å². The quantitative estimate of drug-likeness (QED) is 0.121.